The van der Waals surface area contributed by atoms with E-state index in [1.165, 1.54) is 0 Å². The Bertz CT molecular complexity index is 592. The summed E-state index contributed by atoms with van der Waals surface area (Å²) in [5, 5.41) is 8.24. The molecule has 1 N–H and O–H groups in total. The van der Waals surface area contributed by atoms with E-state index >= 15 is 0 Å². The highest BCUT2D eigenvalue weighted by Gasteiger charge is 2.37. The van der Waals surface area contributed by atoms with Crippen LogP contribution in [0.1, 0.15) is 42.7 Å². The number of carboxylic acids is 1. The molecule has 0 saturated heterocycles. The smallest absolute Gasteiger partial charge is 0.318 e. The van der Waals surface area contributed by atoms with Crippen LogP contribution in [-0.4, -0.2) is 30.5 Å². The van der Waals surface area contributed by atoms with Crippen molar-refractivity contribution in [2.45, 2.75) is 43.8 Å². The Morgan fingerprint density at radius 1 is 1.30 bits per heavy atom. The Morgan fingerprint density at radius 2 is 2.00 bits per heavy atom. The summed E-state index contributed by atoms with van der Waals surface area (Å²) in [6, 6.07) is 7.87. The van der Waals surface area contributed by atoms with Gasteiger partial charge in [-0.1, -0.05) is 42.7 Å². The van der Waals surface area contributed by atoms with Gasteiger partial charge < -0.3 is 5.11 Å². The van der Waals surface area contributed by atoms with Crippen molar-refractivity contribution in [2.75, 3.05) is 5.75 Å². The third kappa shape index (κ3) is 3.39. The summed E-state index contributed by atoms with van der Waals surface area (Å²) >= 11 is 0. The molecule has 110 valence electrons. The van der Waals surface area contributed by atoms with Crippen LogP contribution in [0.25, 0.3) is 0 Å². The molecule has 0 amide bonds. The molecule has 1 aliphatic rings. The molecule has 2 atom stereocenters. The molecule has 1 aliphatic carbocycles. The van der Waals surface area contributed by atoms with Crippen LogP contribution in [0.2, 0.25) is 0 Å². The fourth-order valence-corrected chi connectivity index (χ4v) is 4.97. The van der Waals surface area contributed by atoms with Crippen LogP contribution < -0.4 is 0 Å². The maximum Gasteiger partial charge on any atom is 0.318 e. The summed E-state index contributed by atoms with van der Waals surface area (Å²) in [4.78, 5) is 10.8. The van der Waals surface area contributed by atoms with Gasteiger partial charge in [-0.2, -0.15) is 0 Å². The summed E-state index contributed by atoms with van der Waals surface area (Å²) in [5.41, 5.74) is 2.12. The van der Waals surface area contributed by atoms with Crippen molar-refractivity contribution >= 4 is 15.8 Å². The summed E-state index contributed by atoms with van der Waals surface area (Å²) in [5.74, 6) is -2.11. The minimum Gasteiger partial charge on any atom is -0.480 e. The lowest BCUT2D eigenvalue weighted by atomic mass is 9.83. The molecule has 0 radical (unpaired) electrons. The predicted molar refractivity (Wildman–Crippen MR) is 77.6 cm³/mol. The van der Waals surface area contributed by atoms with Gasteiger partial charge in [-0.25, -0.2) is 8.42 Å². The molecular weight excluding hydrogens is 276 g/mol. The molecule has 1 aromatic carbocycles. The molecule has 1 saturated carbocycles. The van der Waals surface area contributed by atoms with E-state index in [-0.39, 0.29) is 5.92 Å². The highest BCUT2D eigenvalue weighted by molar-refractivity contribution is 7.92. The SMILES string of the molecule is Cc1cccc([C@H]2CCCC[C@@H]2S(=O)(=O)CC(=O)O)c1. The van der Waals surface area contributed by atoms with Crippen LogP contribution in [0.3, 0.4) is 0 Å². The maximum absolute atomic E-state index is 12.3. The Labute approximate surface area is 119 Å². The molecule has 1 aromatic rings. The number of hydrogen-bond donors (Lipinski definition) is 1. The second-order valence-electron chi connectivity index (χ2n) is 5.54. The quantitative estimate of drug-likeness (QED) is 0.926. The van der Waals surface area contributed by atoms with Crippen LogP contribution in [0.15, 0.2) is 24.3 Å². The lowest BCUT2D eigenvalue weighted by Crippen LogP contribution is -2.35. The van der Waals surface area contributed by atoms with Gasteiger partial charge in [-0.05, 0) is 25.3 Å². The zero-order valence-electron chi connectivity index (χ0n) is 11.6. The third-order valence-corrected chi connectivity index (χ3v) is 6.09. The monoisotopic (exact) mass is 296 g/mol. The van der Waals surface area contributed by atoms with E-state index in [9.17, 15) is 13.2 Å². The summed E-state index contributed by atoms with van der Waals surface area (Å²) in [6.07, 6.45) is 3.23. The fraction of sp³-hybridized carbons (Fsp3) is 0.533. The molecule has 2 rings (SSSR count). The average molecular weight is 296 g/mol. The fourth-order valence-electron chi connectivity index (χ4n) is 3.09. The van der Waals surface area contributed by atoms with Crippen molar-refractivity contribution in [2.24, 2.45) is 0 Å². The number of carboxylic acid groups (broad SMARTS) is 1. The minimum atomic E-state index is -3.59. The second-order valence-corrected chi connectivity index (χ2v) is 7.76. The second kappa shape index (κ2) is 5.95. The van der Waals surface area contributed by atoms with Crippen LogP contribution in [0.5, 0.6) is 0 Å². The first-order valence-electron chi connectivity index (χ1n) is 6.90. The summed E-state index contributed by atoms with van der Waals surface area (Å²) < 4.78 is 24.6. The van der Waals surface area contributed by atoms with Crippen molar-refractivity contribution in [3.8, 4) is 0 Å². The first-order valence-corrected chi connectivity index (χ1v) is 8.61. The number of sulfone groups is 1. The molecule has 0 heterocycles. The van der Waals surface area contributed by atoms with E-state index in [2.05, 4.69) is 0 Å². The van der Waals surface area contributed by atoms with Crippen molar-refractivity contribution in [3.63, 3.8) is 0 Å². The van der Waals surface area contributed by atoms with Gasteiger partial charge in [0.1, 0.15) is 5.75 Å². The van der Waals surface area contributed by atoms with Crippen LogP contribution in [-0.2, 0) is 14.6 Å². The van der Waals surface area contributed by atoms with Gasteiger partial charge in [0, 0.05) is 5.92 Å². The van der Waals surface area contributed by atoms with Gasteiger partial charge >= 0.3 is 5.97 Å². The standard InChI is InChI=1S/C15H20O4S/c1-11-5-4-6-12(9-11)13-7-2-3-8-14(13)20(18,19)10-15(16)17/h4-6,9,13-14H,2-3,7-8,10H2,1H3,(H,16,17)/t13-,14+/m1/s1. The molecule has 0 spiro atoms. The molecule has 20 heavy (non-hydrogen) atoms. The number of aryl methyl sites for hydroxylation is 1. The minimum absolute atomic E-state index is 0.0759. The molecule has 0 aliphatic heterocycles. The van der Waals surface area contributed by atoms with Crippen molar-refractivity contribution < 1.29 is 18.3 Å². The van der Waals surface area contributed by atoms with E-state index < -0.39 is 26.8 Å². The van der Waals surface area contributed by atoms with Gasteiger partial charge in [0.2, 0.25) is 0 Å². The zero-order chi connectivity index (χ0) is 14.8. The largest absolute Gasteiger partial charge is 0.480 e. The third-order valence-electron chi connectivity index (χ3n) is 3.96. The number of hydrogen-bond acceptors (Lipinski definition) is 3. The zero-order valence-corrected chi connectivity index (χ0v) is 12.4. The van der Waals surface area contributed by atoms with E-state index in [1.807, 2.05) is 31.2 Å². The lowest BCUT2D eigenvalue weighted by molar-refractivity contribution is -0.134. The first kappa shape index (κ1) is 15.0. The molecule has 0 unspecified atom stereocenters. The number of benzene rings is 1. The van der Waals surface area contributed by atoms with E-state index in [1.54, 1.807) is 0 Å². The highest BCUT2D eigenvalue weighted by Crippen LogP contribution is 2.37. The summed E-state index contributed by atoms with van der Waals surface area (Å²) in [7, 11) is -3.59. The number of rotatable bonds is 4. The van der Waals surface area contributed by atoms with Gasteiger partial charge in [0.25, 0.3) is 0 Å². The topological polar surface area (TPSA) is 71.4 Å². The van der Waals surface area contributed by atoms with E-state index in [0.29, 0.717) is 6.42 Å². The van der Waals surface area contributed by atoms with Crippen molar-refractivity contribution in [1.82, 2.24) is 0 Å². The average Bonchev–Trinajstić information content (AvgIpc) is 2.37. The molecule has 4 nitrogen and oxygen atoms in total. The Kier molecular flexibility index (Phi) is 4.48. The van der Waals surface area contributed by atoms with Crippen LogP contribution in [0, 0.1) is 6.92 Å². The Hall–Kier alpha value is -1.36. The van der Waals surface area contributed by atoms with Crippen molar-refractivity contribution in [3.05, 3.63) is 35.4 Å². The van der Waals surface area contributed by atoms with E-state index in [0.717, 1.165) is 30.4 Å². The van der Waals surface area contributed by atoms with Gasteiger partial charge in [-0.15, -0.1) is 0 Å². The predicted octanol–water partition coefficient (Wildman–Crippen LogP) is 2.52. The van der Waals surface area contributed by atoms with E-state index in [4.69, 9.17) is 5.11 Å². The molecule has 0 aromatic heterocycles. The molecular formula is C15H20O4S. The van der Waals surface area contributed by atoms with Crippen LogP contribution in [0.4, 0.5) is 0 Å². The maximum atomic E-state index is 12.3. The van der Waals surface area contributed by atoms with Gasteiger partial charge in [0.05, 0.1) is 5.25 Å². The van der Waals surface area contributed by atoms with Gasteiger partial charge in [-0.3, -0.25) is 4.79 Å². The Balaban J connectivity index is 2.32. The highest BCUT2D eigenvalue weighted by atomic mass is 32.2. The summed E-state index contributed by atoms with van der Waals surface area (Å²) in [6.45, 7) is 1.98. The lowest BCUT2D eigenvalue weighted by Gasteiger charge is -2.31. The Morgan fingerprint density at radius 3 is 2.65 bits per heavy atom. The number of carbonyl (C=O) groups is 1. The normalized spacial score (nSPS) is 23.4. The molecule has 0 bridgehead atoms. The molecule has 5 heteroatoms. The van der Waals surface area contributed by atoms with Crippen LogP contribution >= 0.6 is 0 Å². The van der Waals surface area contributed by atoms with Crippen molar-refractivity contribution in [1.29, 1.82) is 0 Å². The number of aliphatic carboxylic acids is 1. The van der Waals surface area contributed by atoms with Gasteiger partial charge in [0.15, 0.2) is 9.84 Å². The molecule has 1 fully saturated rings. The first-order chi connectivity index (χ1) is 9.40.